The third-order valence-corrected chi connectivity index (χ3v) is 3.70. The number of hydrogen-bond acceptors (Lipinski definition) is 6. The van der Waals surface area contributed by atoms with Gasteiger partial charge in [0.2, 0.25) is 5.88 Å². The smallest absolute Gasteiger partial charge is 0.296 e. The van der Waals surface area contributed by atoms with Gasteiger partial charge < -0.3 is 14.9 Å². The number of aromatic nitrogens is 2. The van der Waals surface area contributed by atoms with Gasteiger partial charge in [-0.25, -0.2) is 0 Å². The average Bonchev–Trinajstić information content (AvgIpc) is 2.91. The van der Waals surface area contributed by atoms with Gasteiger partial charge in [0.1, 0.15) is 0 Å². The predicted octanol–water partition coefficient (Wildman–Crippen LogP) is 3.49. The third kappa shape index (κ3) is 3.09. The molecule has 0 radical (unpaired) electrons. The maximum atomic E-state index is 12.1. The van der Waals surface area contributed by atoms with Crippen molar-refractivity contribution in [1.29, 1.82) is 0 Å². The molecule has 2 aromatic heterocycles. The van der Waals surface area contributed by atoms with E-state index in [0.717, 1.165) is 11.7 Å². The highest BCUT2D eigenvalue weighted by Crippen LogP contribution is 2.38. The van der Waals surface area contributed by atoms with Crippen LogP contribution in [0.1, 0.15) is 23.0 Å². The number of amides is 1. The number of oxime groups is 1. The van der Waals surface area contributed by atoms with Crippen molar-refractivity contribution in [3.63, 3.8) is 0 Å². The SMILES string of the molecule is CCn1c(O)c(N=NC(=O)c2ccc(/C=N/O)nc2)c2ccccc21. The first-order chi connectivity index (χ1) is 12.2. The minimum absolute atomic E-state index is 0.0344. The van der Waals surface area contributed by atoms with E-state index in [1.54, 1.807) is 4.57 Å². The van der Waals surface area contributed by atoms with E-state index in [-0.39, 0.29) is 17.1 Å². The first kappa shape index (κ1) is 16.3. The van der Waals surface area contributed by atoms with Crippen LogP contribution in [-0.4, -0.2) is 32.0 Å². The van der Waals surface area contributed by atoms with Crippen LogP contribution in [0.4, 0.5) is 5.69 Å². The molecule has 3 aromatic rings. The molecule has 0 saturated carbocycles. The molecule has 2 heterocycles. The Bertz CT molecular complexity index is 974. The largest absolute Gasteiger partial charge is 0.493 e. The second-order valence-corrected chi connectivity index (χ2v) is 5.16. The van der Waals surface area contributed by atoms with Gasteiger partial charge in [-0.15, -0.1) is 10.2 Å². The molecule has 1 aromatic carbocycles. The van der Waals surface area contributed by atoms with Crippen LogP contribution in [0.5, 0.6) is 5.88 Å². The van der Waals surface area contributed by atoms with Gasteiger partial charge in [0.05, 0.1) is 23.0 Å². The number of carbonyl (C=O) groups is 1. The number of aryl methyl sites for hydroxylation is 1. The molecule has 0 unspecified atom stereocenters. The van der Waals surface area contributed by atoms with Gasteiger partial charge in [-0.05, 0) is 25.1 Å². The van der Waals surface area contributed by atoms with Gasteiger partial charge in [-0.3, -0.25) is 9.78 Å². The number of rotatable bonds is 4. The molecule has 0 aliphatic heterocycles. The molecule has 0 bridgehead atoms. The number of fused-ring (bicyclic) bond motifs is 1. The number of para-hydroxylation sites is 1. The number of nitrogens with zero attached hydrogens (tertiary/aromatic N) is 5. The number of hydrogen-bond donors (Lipinski definition) is 2. The van der Waals surface area contributed by atoms with Crippen LogP contribution in [-0.2, 0) is 6.54 Å². The first-order valence-corrected chi connectivity index (χ1v) is 7.55. The van der Waals surface area contributed by atoms with Crippen molar-refractivity contribution in [1.82, 2.24) is 9.55 Å². The molecule has 0 aliphatic carbocycles. The van der Waals surface area contributed by atoms with Crippen molar-refractivity contribution < 1.29 is 15.1 Å². The van der Waals surface area contributed by atoms with Crippen molar-refractivity contribution >= 4 is 28.7 Å². The van der Waals surface area contributed by atoms with E-state index < -0.39 is 5.91 Å². The van der Waals surface area contributed by atoms with Crippen molar-refractivity contribution in [2.75, 3.05) is 0 Å². The minimum Gasteiger partial charge on any atom is -0.493 e. The van der Waals surface area contributed by atoms with Crippen molar-refractivity contribution in [3.8, 4) is 5.88 Å². The average molecular weight is 337 g/mol. The van der Waals surface area contributed by atoms with Gasteiger partial charge in [-0.2, -0.15) is 0 Å². The summed E-state index contributed by atoms with van der Waals surface area (Å²) in [7, 11) is 0. The molecule has 25 heavy (non-hydrogen) atoms. The lowest BCUT2D eigenvalue weighted by atomic mass is 10.2. The van der Waals surface area contributed by atoms with Gasteiger partial charge in [0.25, 0.3) is 5.91 Å². The summed E-state index contributed by atoms with van der Waals surface area (Å²) in [4.78, 5) is 16.1. The molecular formula is C17H15N5O3. The van der Waals surface area contributed by atoms with Crippen LogP contribution < -0.4 is 0 Å². The van der Waals surface area contributed by atoms with Crippen LogP contribution in [0.25, 0.3) is 10.9 Å². The topological polar surface area (TPSA) is 112 Å². The fourth-order valence-corrected chi connectivity index (χ4v) is 2.51. The molecule has 8 nitrogen and oxygen atoms in total. The van der Waals surface area contributed by atoms with Crippen LogP contribution in [0, 0.1) is 0 Å². The van der Waals surface area contributed by atoms with E-state index in [2.05, 4.69) is 20.4 Å². The van der Waals surface area contributed by atoms with E-state index in [1.807, 2.05) is 31.2 Å². The molecule has 1 amide bonds. The Kier molecular flexibility index (Phi) is 4.51. The fourth-order valence-electron chi connectivity index (χ4n) is 2.51. The van der Waals surface area contributed by atoms with E-state index in [4.69, 9.17) is 5.21 Å². The highest BCUT2D eigenvalue weighted by molar-refractivity contribution is 5.97. The molecule has 3 rings (SSSR count). The normalized spacial score (nSPS) is 11.7. The number of benzene rings is 1. The van der Waals surface area contributed by atoms with Crippen molar-refractivity contribution in [2.24, 2.45) is 15.4 Å². The fraction of sp³-hybridized carbons (Fsp3) is 0.118. The summed E-state index contributed by atoms with van der Waals surface area (Å²) in [5.74, 6) is -0.624. The molecule has 0 atom stereocenters. The zero-order valence-electron chi connectivity index (χ0n) is 13.4. The number of aromatic hydroxyl groups is 1. The van der Waals surface area contributed by atoms with E-state index in [1.165, 1.54) is 18.3 Å². The van der Waals surface area contributed by atoms with Crippen molar-refractivity contribution in [3.05, 3.63) is 53.9 Å². The lowest BCUT2D eigenvalue weighted by Crippen LogP contribution is -1.96. The van der Waals surface area contributed by atoms with Crippen molar-refractivity contribution in [2.45, 2.75) is 13.5 Å². The van der Waals surface area contributed by atoms with E-state index >= 15 is 0 Å². The zero-order valence-corrected chi connectivity index (χ0v) is 13.4. The van der Waals surface area contributed by atoms with Crippen LogP contribution in [0.2, 0.25) is 0 Å². The molecule has 126 valence electrons. The lowest BCUT2D eigenvalue weighted by Gasteiger charge is -2.00. The summed E-state index contributed by atoms with van der Waals surface area (Å²) in [6, 6.07) is 10.4. The summed E-state index contributed by atoms with van der Waals surface area (Å²) in [6.07, 6.45) is 2.46. The maximum absolute atomic E-state index is 12.1. The zero-order chi connectivity index (χ0) is 17.8. The Labute approximate surface area is 142 Å². The molecule has 2 N–H and O–H groups in total. The van der Waals surface area contributed by atoms with Gasteiger partial charge >= 0.3 is 0 Å². The first-order valence-electron chi connectivity index (χ1n) is 7.55. The third-order valence-electron chi connectivity index (χ3n) is 3.70. The molecular weight excluding hydrogens is 322 g/mol. The Morgan fingerprint density at radius 1 is 1.28 bits per heavy atom. The summed E-state index contributed by atoms with van der Waals surface area (Å²) in [5, 5.41) is 30.0. The molecule has 0 aliphatic rings. The van der Waals surface area contributed by atoms with E-state index in [0.29, 0.717) is 17.6 Å². The summed E-state index contributed by atoms with van der Waals surface area (Å²) < 4.78 is 1.69. The quantitative estimate of drug-likeness (QED) is 0.328. The molecule has 0 fully saturated rings. The Morgan fingerprint density at radius 3 is 2.76 bits per heavy atom. The Balaban J connectivity index is 1.93. The van der Waals surface area contributed by atoms with E-state index in [9.17, 15) is 9.90 Å². The maximum Gasteiger partial charge on any atom is 0.296 e. The second-order valence-electron chi connectivity index (χ2n) is 5.16. The van der Waals surface area contributed by atoms with Crippen LogP contribution in [0.15, 0.2) is 58.0 Å². The number of azo groups is 1. The molecule has 0 saturated heterocycles. The Morgan fingerprint density at radius 2 is 2.08 bits per heavy atom. The standard InChI is InChI=1S/C17H15N5O3/c1-2-22-14-6-4-3-5-13(14)15(17(22)24)20-21-16(23)11-7-8-12(10-19-25)18-9-11/h3-10,24-25H,2H2,1H3/b19-10+,21-20?. The second kappa shape index (κ2) is 6.91. The minimum atomic E-state index is -0.590. The summed E-state index contributed by atoms with van der Waals surface area (Å²) >= 11 is 0. The Hall–Kier alpha value is -3.55. The van der Waals surface area contributed by atoms with Crippen LogP contribution >= 0.6 is 0 Å². The summed E-state index contributed by atoms with van der Waals surface area (Å²) in [6.45, 7) is 2.47. The summed E-state index contributed by atoms with van der Waals surface area (Å²) in [5.41, 5.74) is 1.71. The highest BCUT2D eigenvalue weighted by atomic mass is 16.4. The van der Waals surface area contributed by atoms with Gasteiger partial charge in [0.15, 0.2) is 5.69 Å². The van der Waals surface area contributed by atoms with Gasteiger partial charge in [0, 0.05) is 18.1 Å². The van der Waals surface area contributed by atoms with Crippen LogP contribution in [0.3, 0.4) is 0 Å². The monoisotopic (exact) mass is 337 g/mol. The predicted molar refractivity (Wildman–Crippen MR) is 91.7 cm³/mol. The molecule has 0 spiro atoms. The number of pyridine rings is 1. The number of carbonyl (C=O) groups excluding carboxylic acids is 1. The lowest BCUT2D eigenvalue weighted by molar-refractivity contribution is 0.0994. The molecule has 8 heteroatoms. The highest BCUT2D eigenvalue weighted by Gasteiger charge is 2.15. The van der Waals surface area contributed by atoms with Gasteiger partial charge in [-0.1, -0.05) is 23.4 Å².